The van der Waals surface area contributed by atoms with Gasteiger partial charge in [0.05, 0.1) is 0 Å². The number of hydrogen-bond donors (Lipinski definition) is 1. The first-order chi connectivity index (χ1) is 12.1. The fraction of sp³-hybridized carbons (Fsp3) is 0.111. The van der Waals surface area contributed by atoms with Crippen LogP contribution in [0.3, 0.4) is 0 Å². The number of pyridine rings is 1. The lowest BCUT2D eigenvalue weighted by Crippen LogP contribution is -2.28. The van der Waals surface area contributed by atoms with Crippen LogP contribution in [0, 0.1) is 0 Å². The van der Waals surface area contributed by atoms with Crippen molar-refractivity contribution in [2.24, 2.45) is 7.05 Å². The van der Waals surface area contributed by atoms with Crippen LogP contribution in [0.15, 0.2) is 65.6 Å². The fourth-order valence-corrected chi connectivity index (χ4v) is 2.14. The highest BCUT2D eigenvalue weighted by Gasteiger charge is 2.08. The quantitative estimate of drug-likeness (QED) is 0.769. The first-order valence-corrected chi connectivity index (χ1v) is 7.62. The number of aryl methyl sites for hydroxylation is 1. The highest BCUT2D eigenvalue weighted by atomic mass is 16.5. The molecule has 0 bridgehead atoms. The summed E-state index contributed by atoms with van der Waals surface area (Å²) in [5.41, 5.74) is 0.783. The number of hydrogen-bond acceptors (Lipinski definition) is 5. The van der Waals surface area contributed by atoms with Crippen molar-refractivity contribution in [1.82, 2.24) is 20.1 Å². The predicted molar refractivity (Wildman–Crippen MR) is 91.4 cm³/mol. The molecule has 0 saturated heterocycles. The Bertz CT molecular complexity index is 938. The monoisotopic (exact) mass is 336 g/mol. The Balaban J connectivity index is 1.65. The molecule has 7 nitrogen and oxygen atoms in total. The topological polar surface area (TPSA) is 86.1 Å². The van der Waals surface area contributed by atoms with Gasteiger partial charge in [0, 0.05) is 31.9 Å². The summed E-state index contributed by atoms with van der Waals surface area (Å²) in [5, 5.41) is 6.68. The maximum absolute atomic E-state index is 12.1. The zero-order valence-electron chi connectivity index (χ0n) is 13.5. The van der Waals surface area contributed by atoms with E-state index in [-0.39, 0.29) is 17.2 Å². The SMILES string of the molecule is Cn1nc(C(=O)NCc2cccc(Oc3ccccn3)c2)ccc1=O. The van der Waals surface area contributed by atoms with Gasteiger partial charge < -0.3 is 10.1 Å². The van der Waals surface area contributed by atoms with Gasteiger partial charge in [-0.05, 0) is 29.8 Å². The average molecular weight is 336 g/mol. The Morgan fingerprint density at radius 1 is 1.16 bits per heavy atom. The lowest BCUT2D eigenvalue weighted by atomic mass is 10.2. The molecular weight excluding hydrogens is 320 g/mol. The molecule has 0 saturated carbocycles. The van der Waals surface area contributed by atoms with E-state index in [2.05, 4.69) is 15.4 Å². The molecule has 0 aliphatic heterocycles. The van der Waals surface area contributed by atoms with Crippen molar-refractivity contribution in [3.63, 3.8) is 0 Å². The van der Waals surface area contributed by atoms with E-state index in [9.17, 15) is 9.59 Å². The normalized spacial score (nSPS) is 10.3. The summed E-state index contributed by atoms with van der Waals surface area (Å²) in [4.78, 5) is 27.5. The van der Waals surface area contributed by atoms with Crippen molar-refractivity contribution in [1.29, 1.82) is 0 Å². The molecule has 0 fully saturated rings. The zero-order valence-corrected chi connectivity index (χ0v) is 13.5. The second-order valence-corrected chi connectivity index (χ2v) is 5.28. The first-order valence-electron chi connectivity index (χ1n) is 7.62. The van der Waals surface area contributed by atoms with Gasteiger partial charge in [-0.25, -0.2) is 9.67 Å². The van der Waals surface area contributed by atoms with Crippen molar-refractivity contribution in [3.8, 4) is 11.6 Å². The van der Waals surface area contributed by atoms with Gasteiger partial charge in [0.25, 0.3) is 11.5 Å². The number of benzene rings is 1. The summed E-state index contributed by atoms with van der Waals surface area (Å²) in [6.45, 7) is 0.308. The Hall–Kier alpha value is -3.48. The van der Waals surface area contributed by atoms with Crippen molar-refractivity contribution in [2.75, 3.05) is 0 Å². The average Bonchev–Trinajstić information content (AvgIpc) is 2.63. The van der Waals surface area contributed by atoms with Crippen LogP contribution in [0.2, 0.25) is 0 Å². The van der Waals surface area contributed by atoms with E-state index in [1.54, 1.807) is 12.3 Å². The lowest BCUT2D eigenvalue weighted by molar-refractivity contribution is 0.0943. The van der Waals surface area contributed by atoms with Crippen molar-refractivity contribution in [3.05, 3.63) is 82.4 Å². The van der Waals surface area contributed by atoms with E-state index in [4.69, 9.17) is 4.74 Å². The summed E-state index contributed by atoms with van der Waals surface area (Å²) in [7, 11) is 1.50. The Morgan fingerprint density at radius 2 is 2.04 bits per heavy atom. The lowest BCUT2D eigenvalue weighted by Gasteiger charge is -2.08. The van der Waals surface area contributed by atoms with E-state index in [0.717, 1.165) is 10.2 Å². The van der Waals surface area contributed by atoms with Gasteiger partial charge in [0.15, 0.2) is 0 Å². The summed E-state index contributed by atoms with van der Waals surface area (Å²) >= 11 is 0. The molecule has 2 aromatic heterocycles. The number of nitrogens with zero attached hydrogens (tertiary/aromatic N) is 3. The number of aromatic nitrogens is 3. The Labute approximate surface area is 143 Å². The van der Waals surface area contributed by atoms with Crippen molar-refractivity contribution < 1.29 is 9.53 Å². The molecule has 2 heterocycles. The second-order valence-electron chi connectivity index (χ2n) is 5.28. The minimum Gasteiger partial charge on any atom is -0.439 e. The molecule has 1 aromatic carbocycles. The summed E-state index contributed by atoms with van der Waals surface area (Å²) in [6, 6.07) is 15.5. The maximum atomic E-state index is 12.1. The third-order valence-electron chi connectivity index (χ3n) is 3.40. The van der Waals surface area contributed by atoms with Crippen molar-refractivity contribution in [2.45, 2.75) is 6.54 Å². The molecule has 0 radical (unpaired) electrons. The van der Waals surface area contributed by atoms with E-state index in [1.807, 2.05) is 36.4 Å². The zero-order chi connectivity index (χ0) is 17.6. The highest BCUT2D eigenvalue weighted by molar-refractivity contribution is 5.91. The molecular formula is C18H16N4O3. The van der Waals surface area contributed by atoms with Gasteiger partial charge >= 0.3 is 0 Å². The second kappa shape index (κ2) is 7.39. The van der Waals surface area contributed by atoms with Gasteiger partial charge in [-0.15, -0.1) is 0 Å². The van der Waals surface area contributed by atoms with Crippen LogP contribution < -0.4 is 15.6 Å². The van der Waals surface area contributed by atoms with Crippen LogP contribution in [0.4, 0.5) is 0 Å². The molecule has 3 aromatic rings. The van der Waals surface area contributed by atoms with Crippen LogP contribution in [-0.4, -0.2) is 20.7 Å². The molecule has 1 N–H and O–H groups in total. The van der Waals surface area contributed by atoms with Gasteiger partial charge in [-0.3, -0.25) is 9.59 Å². The third-order valence-corrected chi connectivity index (χ3v) is 3.40. The summed E-state index contributed by atoms with van der Waals surface area (Å²) in [5.74, 6) is 0.774. The van der Waals surface area contributed by atoms with Crippen LogP contribution in [0.1, 0.15) is 16.1 Å². The van der Waals surface area contributed by atoms with E-state index in [0.29, 0.717) is 18.2 Å². The number of rotatable bonds is 5. The standard InChI is InChI=1S/C18H16N4O3/c1-22-17(23)9-8-15(21-22)18(24)20-12-13-5-4-6-14(11-13)25-16-7-2-3-10-19-16/h2-11H,12H2,1H3,(H,20,24). The molecule has 3 rings (SSSR count). The molecule has 25 heavy (non-hydrogen) atoms. The van der Waals surface area contributed by atoms with Crippen LogP contribution in [0.5, 0.6) is 11.6 Å². The summed E-state index contributed by atoms with van der Waals surface area (Å²) in [6.07, 6.45) is 1.65. The van der Waals surface area contributed by atoms with E-state index >= 15 is 0 Å². The number of amides is 1. The molecule has 0 aliphatic rings. The Kier molecular flexibility index (Phi) is 4.84. The number of carbonyl (C=O) groups excluding carboxylic acids is 1. The minimum atomic E-state index is -0.355. The number of carbonyl (C=O) groups is 1. The van der Waals surface area contributed by atoms with Crippen molar-refractivity contribution >= 4 is 5.91 Å². The molecule has 7 heteroatoms. The van der Waals surface area contributed by atoms with Crippen LogP contribution >= 0.6 is 0 Å². The largest absolute Gasteiger partial charge is 0.439 e. The van der Waals surface area contributed by atoms with Crippen LogP contribution in [-0.2, 0) is 13.6 Å². The molecule has 0 aliphatic carbocycles. The third kappa shape index (κ3) is 4.29. The maximum Gasteiger partial charge on any atom is 0.271 e. The van der Waals surface area contributed by atoms with Gasteiger partial charge in [0.1, 0.15) is 11.4 Å². The fourth-order valence-electron chi connectivity index (χ4n) is 2.14. The van der Waals surface area contributed by atoms with Gasteiger partial charge in [-0.1, -0.05) is 18.2 Å². The molecule has 0 unspecified atom stereocenters. The number of nitrogens with one attached hydrogen (secondary N) is 1. The highest BCUT2D eigenvalue weighted by Crippen LogP contribution is 2.19. The molecule has 0 atom stereocenters. The number of ether oxygens (including phenoxy) is 1. The first kappa shape index (κ1) is 16.4. The minimum absolute atomic E-state index is 0.183. The van der Waals surface area contributed by atoms with Gasteiger partial charge in [-0.2, -0.15) is 5.10 Å². The summed E-state index contributed by atoms with van der Waals surface area (Å²) < 4.78 is 6.79. The van der Waals surface area contributed by atoms with E-state index in [1.165, 1.54) is 19.2 Å². The smallest absolute Gasteiger partial charge is 0.271 e. The van der Waals surface area contributed by atoms with Gasteiger partial charge in [0.2, 0.25) is 5.88 Å². The predicted octanol–water partition coefficient (Wildman–Crippen LogP) is 1.90. The molecule has 0 spiro atoms. The van der Waals surface area contributed by atoms with E-state index < -0.39 is 0 Å². The van der Waals surface area contributed by atoms with Crippen LogP contribution in [0.25, 0.3) is 0 Å². The molecule has 1 amide bonds. The Morgan fingerprint density at radius 3 is 2.80 bits per heavy atom. The molecule has 126 valence electrons.